The normalized spacial score (nSPS) is 23.0. The van der Waals surface area contributed by atoms with Crippen LogP contribution < -0.4 is 0 Å². The summed E-state index contributed by atoms with van der Waals surface area (Å²) in [4.78, 5) is 2.44. The van der Waals surface area contributed by atoms with E-state index < -0.39 is 0 Å². The first kappa shape index (κ1) is 10.7. The molecule has 0 saturated heterocycles. The van der Waals surface area contributed by atoms with Crippen molar-refractivity contribution >= 4 is 28.1 Å². The van der Waals surface area contributed by atoms with Crippen molar-refractivity contribution in [3.63, 3.8) is 0 Å². The smallest absolute Gasteiger partial charge is 0.0572 e. The summed E-state index contributed by atoms with van der Waals surface area (Å²) in [6, 6.07) is 6.81. The molecular formula is C15H15ClN2. The Balaban J connectivity index is 2.08. The van der Waals surface area contributed by atoms with Crippen molar-refractivity contribution in [3.8, 4) is 0 Å². The number of rotatable bonds is 0. The Labute approximate surface area is 111 Å². The summed E-state index contributed by atoms with van der Waals surface area (Å²) >= 11 is 6.46. The predicted molar refractivity (Wildman–Crippen MR) is 76.0 cm³/mol. The van der Waals surface area contributed by atoms with Crippen LogP contribution in [0.5, 0.6) is 0 Å². The average molecular weight is 259 g/mol. The van der Waals surface area contributed by atoms with Crippen LogP contribution in [0.1, 0.15) is 12.0 Å². The van der Waals surface area contributed by atoms with Gasteiger partial charge in [-0.05, 0) is 31.2 Å². The van der Waals surface area contributed by atoms with E-state index in [0.29, 0.717) is 6.04 Å². The van der Waals surface area contributed by atoms with Crippen molar-refractivity contribution in [3.05, 3.63) is 41.1 Å². The number of fused-ring (bicyclic) bond motifs is 2. The molecule has 0 radical (unpaired) electrons. The quantitative estimate of drug-likeness (QED) is 0.703. The Morgan fingerprint density at radius 2 is 2.17 bits per heavy atom. The average Bonchev–Trinajstić information content (AvgIpc) is 2.78. The summed E-state index contributed by atoms with van der Waals surface area (Å²) in [7, 11) is 2.21. The molecule has 0 amide bonds. The second-order valence-corrected chi connectivity index (χ2v) is 5.68. The molecule has 4 rings (SSSR count). The molecule has 2 aliphatic rings. The molecule has 1 aromatic carbocycles. The molecule has 1 unspecified atom stereocenters. The molecule has 0 N–H and O–H groups in total. The summed E-state index contributed by atoms with van der Waals surface area (Å²) < 4.78 is 2.35. The fourth-order valence-electron chi connectivity index (χ4n) is 3.34. The van der Waals surface area contributed by atoms with Gasteiger partial charge in [0.2, 0.25) is 0 Å². The number of hydrogen-bond donors (Lipinski definition) is 0. The third-order valence-electron chi connectivity index (χ3n) is 4.27. The monoisotopic (exact) mass is 258 g/mol. The van der Waals surface area contributed by atoms with Crippen LogP contribution in [0.15, 0.2) is 30.5 Å². The molecule has 3 heterocycles. The Hall–Kier alpha value is -1.25. The summed E-state index contributed by atoms with van der Waals surface area (Å²) in [5.74, 6) is 0. The lowest BCUT2D eigenvalue weighted by molar-refractivity contribution is 0.261. The highest BCUT2D eigenvalue weighted by Gasteiger charge is 2.31. The van der Waals surface area contributed by atoms with E-state index >= 15 is 0 Å². The second-order valence-electron chi connectivity index (χ2n) is 5.27. The van der Waals surface area contributed by atoms with Crippen LogP contribution in [0, 0.1) is 0 Å². The minimum Gasteiger partial charge on any atom is -0.345 e. The highest BCUT2D eigenvalue weighted by molar-refractivity contribution is 6.33. The number of benzene rings is 1. The van der Waals surface area contributed by atoms with Crippen molar-refractivity contribution in [2.24, 2.45) is 0 Å². The predicted octanol–water partition coefficient (Wildman–Crippen LogP) is 3.40. The van der Waals surface area contributed by atoms with E-state index in [1.807, 2.05) is 6.07 Å². The first-order valence-electron chi connectivity index (χ1n) is 6.44. The molecule has 0 spiro atoms. The van der Waals surface area contributed by atoms with Crippen LogP contribution in [0.3, 0.4) is 0 Å². The molecule has 2 aromatic rings. The maximum absolute atomic E-state index is 6.46. The van der Waals surface area contributed by atoms with Gasteiger partial charge in [-0.15, -0.1) is 0 Å². The van der Waals surface area contributed by atoms with Crippen molar-refractivity contribution in [2.75, 3.05) is 13.6 Å². The Bertz CT molecular complexity index is 668. The van der Waals surface area contributed by atoms with E-state index in [-0.39, 0.29) is 0 Å². The number of nitrogens with zero attached hydrogens (tertiary/aromatic N) is 2. The molecule has 3 heteroatoms. The van der Waals surface area contributed by atoms with E-state index in [1.54, 1.807) is 0 Å². The lowest BCUT2D eigenvalue weighted by Crippen LogP contribution is -2.41. The van der Waals surface area contributed by atoms with E-state index in [1.165, 1.54) is 22.0 Å². The van der Waals surface area contributed by atoms with Crippen LogP contribution in [-0.4, -0.2) is 29.1 Å². The number of likely N-dealkylation sites (N-methyl/N-ethyl adjacent to an activating group) is 1. The summed E-state index contributed by atoms with van der Waals surface area (Å²) in [6.07, 6.45) is 5.68. The molecule has 0 bridgehead atoms. The van der Waals surface area contributed by atoms with Crippen LogP contribution in [-0.2, 0) is 6.54 Å². The Morgan fingerprint density at radius 3 is 3.06 bits per heavy atom. The van der Waals surface area contributed by atoms with Gasteiger partial charge in [-0.3, -0.25) is 4.90 Å². The maximum Gasteiger partial charge on any atom is 0.0572 e. The SMILES string of the molecule is CN1CCC=C2c3c(Cl)ccc4ccn(c34)CC21. The van der Waals surface area contributed by atoms with Gasteiger partial charge in [0, 0.05) is 30.2 Å². The molecule has 1 aromatic heterocycles. The second kappa shape index (κ2) is 3.62. The van der Waals surface area contributed by atoms with Gasteiger partial charge in [0.05, 0.1) is 16.6 Å². The Kier molecular flexibility index (Phi) is 2.14. The zero-order chi connectivity index (χ0) is 12.3. The lowest BCUT2D eigenvalue weighted by atomic mass is 9.89. The topological polar surface area (TPSA) is 8.17 Å². The molecule has 18 heavy (non-hydrogen) atoms. The molecule has 0 fully saturated rings. The zero-order valence-electron chi connectivity index (χ0n) is 10.4. The van der Waals surface area contributed by atoms with Gasteiger partial charge < -0.3 is 4.57 Å². The number of aromatic nitrogens is 1. The number of hydrogen-bond acceptors (Lipinski definition) is 1. The van der Waals surface area contributed by atoms with Crippen LogP contribution in [0.4, 0.5) is 0 Å². The lowest BCUT2D eigenvalue weighted by Gasteiger charge is -2.38. The fraction of sp³-hybridized carbons (Fsp3) is 0.333. The summed E-state index contributed by atoms with van der Waals surface area (Å²) in [6.45, 7) is 2.18. The fourth-order valence-corrected chi connectivity index (χ4v) is 3.61. The van der Waals surface area contributed by atoms with Crippen LogP contribution >= 0.6 is 11.6 Å². The van der Waals surface area contributed by atoms with E-state index in [9.17, 15) is 0 Å². The summed E-state index contributed by atoms with van der Waals surface area (Å²) in [5.41, 5.74) is 3.98. The molecule has 0 aliphatic carbocycles. The molecule has 0 saturated carbocycles. The van der Waals surface area contributed by atoms with Gasteiger partial charge in [0.1, 0.15) is 0 Å². The van der Waals surface area contributed by atoms with Crippen molar-refractivity contribution in [1.82, 2.24) is 9.47 Å². The highest BCUT2D eigenvalue weighted by atomic mass is 35.5. The van der Waals surface area contributed by atoms with Crippen molar-refractivity contribution < 1.29 is 0 Å². The third kappa shape index (κ3) is 1.28. The van der Waals surface area contributed by atoms with Gasteiger partial charge in [-0.1, -0.05) is 23.7 Å². The molecule has 1 atom stereocenters. The van der Waals surface area contributed by atoms with Crippen LogP contribution in [0.2, 0.25) is 5.02 Å². The first-order chi connectivity index (χ1) is 8.75. The largest absolute Gasteiger partial charge is 0.345 e. The highest BCUT2D eigenvalue weighted by Crippen LogP contribution is 2.40. The van der Waals surface area contributed by atoms with Crippen molar-refractivity contribution in [2.45, 2.75) is 19.0 Å². The minimum atomic E-state index is 0.474. The van der Waals surface area contributed by atoms with Gasteiger partial charge in [-0.2, -0.15) is 0 Å². The third-order valence-corrected chi connectivity index (χ3v) is 4.59. The molecule has 2 aliphatic heterocycles. The van der Waals surface area contributed by atoms with E-state index in [2.05, 4.69) is 40.9 Å². The van der Waals surface area contributed by atoms with Gasteiger partial charge >= 0.3 is 0 Å². The zero-order valence-corrected chi connectivity index (χ0v) is 11.1. The first-order valence-corrected chi connectivity index (χ1v) is 6.81. The minimum absolute atomic E-state index is 0.474. The molecule has 2 nitrogen and oxygen atoms in total. The van der Waals surface area contributed by atoms with E-state index in [0.717, 1.165) is 24.5 Å². The molecule has 92 valence electrons. The maximum atomic E-state index is 6.46. The van der Waals surface area contributed by atoms with Gasteiger partial charge in [0.25, 0.3) is 0 Å². The summed E-state index contributed by atoms with van der Waals surface area (Å²) in [5, 5.41) is 2.18. The standard InChI is InChI=1S/C15H15ClN2/c1-17-7-2-3-11-13(17)9-18-8-6-10-4-5-12(16)14(11)15(10)18/h3-6,8,13H,2,7,9H2,1H3. The van der Waals surface area contributed by atoms with Crippen LogP contribution in [0.25, 0.3) is 16.5 Å². The van der Waals surface area contributed by atoms with Gasteiger partial charge in [0.15, 0.2) is 0 Å². The molecular weight excluding hydrogens is 244 g/mol. The van der Waals surface area contributed by atoms with Gasteiger partial charge in [-0.25, -0.2) is 0 Å². The van der Waals surface area contributed by atoms with Crippen molar-refractivity contribution in [1.29, 1.82) is 0 Å². The number of halogens is 1. The Morgan fingerprint density at radius 1 is 1.28 bits per heavy atom. The van der Waals surface area contributed by atoms with E-state index in [4.69, 9.17) is 11.6 Å².